The smallest absolute Gasteiger partial charge is 0.125 e. The van der Waals surface area contributed by atoms with Crippen LogP contribution in [0.25, 0.3) is 0 Å². The Labute approximate surface area is 110 Å². The van der Waals surface area contributed by atoms with Crippen molar-refractivity contribution in [3.8, 4) is 5.75 Å². The van der Waals surface area contributed by atoms with Gasteiger partial charge in [0.15, 0.2) is 0 Å². The first-order valence-electron chi connectivity index (χ1n) is 6.61. The molecule has 0 spiro atoms. The molecule has 3 N–H and O–H groups in total. The maximum atomic E-state index is 9.22. The predicted molar refractivity (Wildman–Crippen MR) is 74.9 cm³/mol. The summed E-state index contributed by atoms with van der Waals surface area (Å²) in [4.78, 5) is 0. The molecule has 102 valence electrons. The zero-order valence-electron chi connectivity index (χ0n) is 11.7. The third-order valence-electron chi connectivity index (χ3n) is 3.49. The van der Waals surface area contributed by atoms with E-state index < -0.39 is 5.54 Å². The lowest BCUT2D eigenvalue weighted by molar-refractivity contribution is 0.171. The van der Waals surface area contributed by atoms with E-state index in [1.165, 1.54) is 0 Å². The van der Waals surface area contributed by atoms with Crippen LogP contribution in [0.4, 0.5) is 0 Å². The van der Waals surface area contributed by atoms with Gasteiger partial charge in [-0.2, -0.15) is 0 Å². The van der Waals surface area contributed by atoms with Crippen LogP contribution in [0.3, 0.4) is 0 Å². The summed E-state index contributed by atoms with van der Waals surface area (Å²) < 4.78 is 5.81. The molecular weight excluding hydrogens is 226 g/mol. The van der Waals surface area contributed by atoms with Crippen LogP contribution in [0, 0.1) is 13.8 Å². The fourth-order valence-electron chi connectivity index (χ4n) is 1.99. The van der Waals surface area contributed by atoms with Crippen molar-refractivity contribution in [1.29, 1.82) is 0 Å². The summed E-state index contributed by atoms with van der Waals surface area (Å²) in [5, 5.41) is 9.22. The molecule has 0 aliphatic rings. The Balaban J connectivity index is 2.43. The Hall–Kier alpha value is -1.06. The molecule has 0 aliphatic carbocycles. The third-order valence-corrected chi connectivity index (χ3v) is 3.49. The van der Waals surface area contributed by atoms with Crippen molar-refractivity contribution >= 4 is 0 Å². The number of nitrogens with two attached hydrogens (primary N) is 1. The maximum Gasteiger partial charge on any atom is 0.125 e. The van der Waals surface area contributed by atoms with Crippen molar-refractivity contribution < 1.29 is 9.84 Å². The molecule has 18 heavy (non-hydrogen) atoms. The predicted octanol–water partition coefficient (Wildman–Crippen LogP) is 2.56. The van der Waals surface area contributed by atoms with Gasteiger partial charge in [-0.25, -0.2) is 0 Å². The van der Waals surface area contributed by atoms with Crippen molar-refractivity contribution in [2.45, 2.75) is 45.6 Å². The van der Waals surface area contributed by atoms with E-state index in [0.29, 0.717) is 6.61 Å². The third kappa shape index (κ3) is 4.00. The molecule has 0 aromatic heterocycles. The van der Waals surface area contributed by atoms with Crippen LogP contribution in [0.2, 0.25) is 0 Å². The number of hydrogen-bond donors (Lipinski definition) is 2. The Bertz CT molecular complexity index is 353. The number of ether oxygens (including phenoxy) is 1. The van der Waals surface area contributed by atoms with E-state index in [-0.39, 0.29) is 6.61 Å². The van der Waals surface area contributed by atoms with E-state index in [2.05, 4.69) is 26.0 Å². The largest absolute Gasteiger partial charge is 0.493 e. The van der Waals surface area contributed by atoms with Crippen LogP contribution in [0.5, 0.6) is 5.75 Å². The van der Waals surface area contributed by atoms with Gasteiger partial charge in [0.2, 0.25) is 0 Å². The SMILES string of the molecule is CCC(N)(CO)CCCOc1c(C)cccc1C. The van der Waals surface area contributed by atoms with Crippen molar-refractivity contribution in [1.82, 2.24) is 0 Å². The van der Waals surface area contributed by atoms with Gasteiger partial charge in [-0.3, -0.25) is 0 Å². The quantitative estimate of drug-likeness (QED) is 0.732. The summed E-state index contributed by atoms with van der Waals surface area (Å²) >= 11 is 0. The molecular formula is C15H25NO2. The molecule has 0 saturated carbocycles. The van der Waals surface area contributed by atoms with Crippen molar-refractivity contribution in [2.24, 2.45) is 5.73 Å². The summed E-state index contributed by atoms with van der Waals surface area (Å²) in [6, 6.07) is 6.13. The molecule has 0 heterocycles. The average molecular weight is 251 g/mol. The summed E-state index contributed by atoms with van der Waals surface area (Å²) in [7, 11) is 0. The molecule has 1 aromatic carbocycles. The molecule has 3 nitrogen and oxygen atoms in total. The first-order chi connectivity index (χ1) is 8.52. The van der Waals surface area contributed by atoms with Gasteiger partial charge < -0.3 is 15.6 Å². The molecule has 1 atom stereocenters. The molecule has 0 amide bonds. The Morgan fingerprint density at radius 3 is 2.39 bits per heavy atom. The van der Waals surface area contributed by atoms with Crippen molar-refractivity contribution in [2.75, 3.05) is 13.2 Å². The standard InChI is InChI=1S/C15H25NO2/c1-4-15(16,11-17)9-6-10-18-14-12(2)7-5-8-13(14)3/h5,7-8,17H,4,6,9-11,16H2,1-3H3. The van der Waals surface area contributed by atoms with E-state index in [1.54, 1.807) is 0 Å². The Morgan fingerprint density at radius 1 is 1.28 bits per heavy atom. The second-order valence-corrected chi connectivity index (χ2v) is 5.05. The van der Waals surface area contributed by atoms with Gasteiger partial charge in [-0.15, -0.1) is 0 Å². The van der Waals surface area contributed by atoms with Gasteiger partial charge in [-0.05, 0) is 44.2 Å². The topological polar surface area (TPSA) is 55.5 Å². The number of aliphatic hydroxyl groups is 1. The lowest BCUT2D eigenvalue weighted by Gasteiger charge is -2.25. The van der Waals surface area contributed by atoms with Crippen LogP contribution in [0.1, 0.15) is 37.3 Å². The molecule has 3 heteroatoms. The first-order valence-corrected chi connectivity index (χ1v) is 6.61. The molecule has 0 radical (unpaired) electrons. The first kappa shape index (κ1) is 15.0. The van der Waals surface area contributed by atoms with Crippen LogP contribution in [-0.2, 0) is 0 Å². The van der Waals surface area contributed by atoms with Gasteiger partial charge in [0.1, 0.15) is 5.75 Å². The fourth-order valence-corrected chi connectivity index (χ4v) is 1.99. The van der Waals surface area contributed by atoms with E-state index in [9.17, 15) is 5.11 Å². The molecule has 1 unspecified atom stereocenters. The minimum atomic E-state index is -0.454. The molecule has 0 aliphatic heterocycles. The average Bonchev–Trinajstić information content (AvgIpc) is 2.37. The minimum Gasteiger partial charge on any atom is -0.493 e. The summed E-state index contributed by atoms with van der Waals surface area (Å²) in [5.74, 6) is 0.973. The zero-order chi connectivity index (χ0) is 13.6. The van der Waals surface area contributed by atoms with Crippen molar-refractivity contribution in [3.63, 3.8) is 0 Å². The van der Waals surface area contributed by atoms with Crippen LogP contribution >= 0.6 is 0 Å². The molecule has 1 aromatic rings. The number of rotatable bonds is 7. The molecule has 1 rings (SSSR count). The van der Waals surface area contributed by atoms with Crippen LogP contribution in [0.15, 0.2) is 18.2 Å². The molecule has 0 fully saturated rings. The minimum absolute atomic E-state index is 0.0346. The highest BCUT2D eigenvalue weighted by Crippen LogP contribution is 2.23. The van der Waals surface area contributed by atoms with Gasteiger partial charge in [0.25, 0.3) is 0 Å². The second kappa shape index (κ2) is 6.76. The van der Waals surface area contributed by atoms with E-state index in [0.717, 1.165) is 36.1 Å². The van der Waals surface area contributed by atoms with Gasteiger partial charge in [-0.1, -0.05) is 25.1 Å². The second-order valence-electron chi connectivity index (χ2n) is 5.05. The highest BCUT2D eigenvalue weighted by atomic mass is 16.5. The van der Waals surface area contributed by atoms with Gasteiger partial charge in [0, 0.05) is 5.54 Å². The van der Waals surface area contributed by atoms with Gasteiger partial charge in [0.05, 0.1) is 13.2 Å². The van der Waals surface area contributed by atoms with Gasteiger partial charge >= 0.3 is 0 Å². The number of para-hydroxylation sites is 1. The Kier molecular flexibility index (Phi) is 5.63. The van der Waals surface area contributed by atoms with E-state index in [1.807, 2.05) is 13.0 Å². The van der Waals surface area contributed by atoms with E-state index in [4.69, 9.17) is 10.5 Å². The number of aryl methyl sites for hydroxylation is 2. The normalized spacial score (nSPS) is 14.3. The van der Waals surface area contributed by atoms with Crippen LogP contribution < -0.4 is 10.5 Å². The highest BCUT2D eigenvalue weighted by molar-refractivity contribution is 5.39. The van der Waals surface area contributed by atoms with Crippen molar-refractivity contribution in [3.05, 3.63) is 29.3 Å². The number of hydrogen-bond acceptors (Lipinski definition) is 3. The fraction of sp³-hybridized carbons (Fsp3) is 0.600. The van der Waals surface area contributed by atoms with E-state index >= 15 is 0 Å². The summed E-state index contributed by atoms with van der Waals surface area (Å²) in [6.07, 6.45) is 2.43. The monoisotopic (exact) mass is 251 g/mol. The zero-order valence-corrected chi connectivity index (χ0v) is 11.7. The lowest BCUT2D eigenvalue weighted by Crippen LogP contribution is -2.43. The Morgan fingerprint density at radius 2 is 1.89 bits per heavy atom. The lowest BCUT2D eigenvalue weighted by atomic mass is 9.93. The number of aliphatic hydroxyl groups excluding tert-OH is 1. The molecule has 0 bridgehead atoms. The molecule has 0 saturated heterocycles. The maximum absolute atomic E-state index is 9.22. The summed E-state index contributed by atoms with van der Waals surface area (Å²) in [6.45, 7) is 6.78. The summed E-state index contributed by atoms with van der Waals surface area (Å²) in [5.41, 5.74) is 7.89. The van der Waals surface area contributed by atoms with Crippen LogP contribution in [-0.4, -0.2) is 23.9 Å². The number of benzene rings is 1. The highest BCUT2D eigenvalue weighted by Gasteiger charge is 2.20.